The molecular weight excluding hydrogens is 285 g/mol. The van der Waals surface area contributed by atoms with Crippen LogP contribution in [-0.2, 0) is 6.18 Å². The smallest absolute Gasteiger partial charge is 0.417 e. The van der Waals surface area contributed by atoms with E-state index in [2.05, 4.69) is 5.32 Å². The molecular formula is C10H9F3N2O5. The van der Waals surface area contributed by atoms with Gasteiger partial charge in [-0.2, -0.15) is 13.2 Å². The molecule has 0 unspecified atom stereocenters. The molecule has 0 heterocycles. The molecule has 0 saturated carbocycles. The van der Waals surface area contributed by atoms with Crippen LogP contribution in [0.15, 0.2) is 6.07 Å². The highest BCUT2D eigenvalue weighted by atomic mass is 19.4. The molecule has 0 saturated heterocycles. The van der Waals surface area contributed by atoms with Crippen molar-refractivity contribution in [2.75, 3.05) is 13.6 Å². The van der Waals surface area contributed by atoms with Crippen LogP contribution in [0.5, 0.6) is 11.5 Å². The van der Waals surface area contributed by atoms with Crippen molar-refractivity contribution < 1.29 is 33.1 Å². The maximum Gasteiger partial charge on any atom is 0.417 e. The quantitative estimate of drug-likeness (QED) is 0.335. The molecule has 0 aliphatic heterocycles. The lowest BCUT2D eigenvalue weighted by Crippen LogP contribution is -2.23. The van der Waals surface area contributed by atoms with Gasteiger partial charge < -0.3 is 15.5 Å². The zero-order valence-corrected chi connectivity index (χ0v) is 9.98. The third-order valence-electron chi connectivity index (χ3n) is 2.36. The number of hydrogen-bond donors (Lipinski definition) is 3. The third-order valence-corrected chi connectivity index (χ3v) is 2.36. The topological polar surface area (TPSA) is 113 Å². The van der Waals surface area contributed by atoms with Crippen LogP contribution in [0.25, 0.3) is 0 Å². The molecule has 0 spiro atoms. The lowest BCUT2D eigenvalue weighted by atomic mass is 9.99. The molecule has 0 radical (unpaired) electrons. The first-order valence-corrected chi connectivity index (χ1v) is 5.09. The second-order valence-electron chi connectivity index (χ2n) is 3.72. The van der Waals surface area contributed by atoms with Crippen LogP contribution in [0.3, 0.4) is 0 Å². The third kappa shape index (κ3) is 2.79. The normalized spacial score (nSPS) is 11.4. The first-order chi connectivity index (χ1) is 9.11. The van der Waals surface area contributed by atoms with Crippen LogP contribution < -0.4 is 5.32 Å². The summed E-state index contributed by atoms with van der Waals surface area (Å²) in [7, 11) is 1.26. The van der Waals surface area contributed by atoms with Crippen molar-refractivity contribution in [3.05, 3.63) is 27.3 Å². The predicted molar refractivity (Wildman–Crippen MR) is 59.7 cm³/mol. The molecule has 7 nitrogen and oxygen atoms in total. The van der Waals surface area contributed by atoms with Crippen molar-refractivity contribution in [1.29, 1.82) is 0 Å². The number of phenols is 2. The van der Waals surface area contributed by atoms with Gasteiger partial charge in [0.05, 0.1) is 17.0 Å². The Morgan fingerprint density at radius 3 is 2.40 bits per heavy atom. The van der Waals surface area contributed by atoms with Gasteiger partial charge in [-0.25, -0.2) is 0 Å². The van der Waals surface area contributed by atoms with E-state index >= 15 is 0 Å². The summed E-state index contributed by atoms with van der Waals surface area (Å²) >= 11 is 0. The summed E-state index contributed by atoms with van der Waals surface area (Å²) in [4.78, 5) is 21.1. The Labute approximate surface area is 109 Å². The van der Waals surface area contributed by atoms with E-state index in [9.17, 15) is 33.2 Å². The van der Waals surface area contributed by atoms with Crippen molar-refractivity contribution in [2.24, 2.45) is 0 Å². The fourth-order valence-electron chi connectivity index (χ4n) is 1.58. The number of phenolic OH excluding ortho intramolecular Hbond substituents is 2. The van der Waals surface area contributed by atoms with E-state index in [1.165, 1.54) is 7.05 Å². The first-order valence-electron chi connectivity index (χ1n) is 5.09. The van der Waals surface area contributed by atoms with Crippen LogP contribution in [0.2, 0.25) is 0 Å². The van der Waals surface area contributed by atoms with Crippen molar-refractivity contribution in [3.8, 4) is 11.5 Å². The van der Waals surface area contributed by atoms with Gasteiger partial charge in [-0.1, -0.05) is 0 Å². The number of nitrogens with zero attached hydrogens (tertiary/aromatic N) is 1. The Morgan fingerprint density at radius 2 is 2.00 bits per heavy atom. The van der Waals surface area contributed by atoms with E-state index in [4.69, 9.17) is 5.11 Å². The summed E-state index contributed by atoms with van der Waals surface area (Å²) in [5.41, 5.74) is -4.45. The number of nitrogens with one attached hydrogen (secondary N) is 1. The number of carbonyl (C=O) groups excluding carboxylic acids is 1. The highest BCUT2D eigenvalue weighted by Gasteiger charge is 2.42. The van der Waals surface area contributed by atoms with Gasteiger partial charge in [0, 0.05) is 0 Å². The molecule has 10 heteroatoms. The largest absolute Gasteiger partial charge is 0.504 e. The molecule has 1 rings (SSSR count). The van der Waals surface area contributed by atoms with Gasteiger partial charge in [-0.05, 0) is 13.1 Å². The van der Waals surface area contributed by atoms with Crippen LogP contribution in [0.1, 0.15) is 15.9 Å². The summed E-state index contributed by atoms with van der Waals surface area (Å²) in [5.74, 6) is -3.95. The predicted octanol–water partition coefficient (Wildman–Crippen LogP) is 1.43. The number of benzene rings is 1. The average molecular weight is 294 g/mol. The Hall–Kier alpha value is -2.36. The van der Waals surface area contributed by atoms with E-state index < -0.39 is 51.7 Å². The number of rotatable bonds is 4. The van der Waals surface area contributed by atoms with E-state index in [0.717, 1.165) is 0 Å². The average Bonchev–Trinajstić information content (AvgIpc) is 2.30. The van der Waals surface area contributed by atoms with E-state index in [1.807, 2.05) is 0 Å². The molecule has 0 fully saturated rings. The lowest BCUT2D eigenvalue weighted by molar-refractivity contribution is -0.386. The standard InChI is InChI=1S/C10H9F3N2O5/c1-14-3-6(17)7-4(10(11,12)13)2-5(16)9(18)8(7)15(19)20/h2,14,16,18H,3H2,1H3. The van der Waals surface area contributed by atoms with Crippen molar-refractivity contribution in [2.45, 2.75) is 6.18 Å². The highest BCUT2D eigenvalue weighted by molar-refractivity contribution is 6.04. The summed E-state index contributed by atoms with van der Waals surface area (Å²) in [5, 5.41) is 31.5. The SMILES string of the molecule is CNCC(=O)c1c(C(F)(F)F)cc(O)c(O)c1[N+](=O)[O-]. The summed E-state index contributed by atoms with van der Waals surface area (Å²) < 4.78 is 38.4. The highest BCUT2D eigenvalue weighted by Crippen LogP contribution is 2.45. The molecule has 1 aromatic carbocycles. The van der Waals surface area contributed by atoms with Crippen LogP contribution >= 0.6 is 0 Å². The molecule has 0 aliphatic rings. The van der Waals surface area contributed by atoms with Crippen LogP contribution in [0, 0.1) is 10.1 Å². The monoisotopic (exact) mass is 294 g/mol. The molecule has 3 N–H and O–H groups in total. The van der Waals surface area contributed by atoms with Gasteiger partial charge in [-0.15, -0.1) is 0 Å². The molecule has 0 bridgehead atoms. The molecule has 1 aromatic rings. The lowest BCUT2D eigenvalue weighted by Gasteiger charge is -2.14. The van der Waals surface area contributed by atoms with E-state index in [1.54, 1.807) is 0 Å². The Bertz CT molecular complexity index is 571. The number of nitro benzene ring substituents is 1. The number of nitro groups is 1. The molecule has 0 amide bonds. The molecule has 0 aromatic heterocycles. The van der Waals surface area contributed by atoms with Crippen LogP contribution in [0.4, 0.5) is 18.9 Å². The first kappa shape index (κ1) is 15.7. The Morgan fingerprint density at radius 1 is 1.45 bits per heavy atom. The van der Waals surface area contributed by atoms with Gasteiger partial charge in [0.1, 0.15) is 5.56 Å². The fourth-order valence-corrected chi connectivity index (χ4v) is 1.58. The van der Waals surface area contributed by atoms with E-state index in [0.29, 0.717) is 0 Å². The van der Waals surface area contributed by atoms with Gasteiger partial charge >= 0.3 is 11.9 Å². The number of alkyl halides is 3. The molecule has 110 valence electrons. The number of hydrogen-bond acceptors (Lipinski definition) is 6. The number of ketones is 1. The fraction of sp³-hybridized carbons (Fsp3) is 0.300. The number of carbonyl (C=O) groups is 1. The van der Waals surface area contributed by atoms with Crippen molar-refractivity contribution >= 4 is 11.5 Å². The van der Waals surface area contributed by atoms with Gasteiger partial charge in [0.2, 0.25) is 5.75 Å². The summed E-state index contributed by atoms with van der Waals surface area (Å²) in [6, 6.07) is 0.0746. The molecule has 20 heavy (non-hydrogen) atoms. The van der Waals surface area contributed by atoms with Gasteiger partial charge in [-0.3, -0.25) is 14.9 Å². The second-order valence-corrected chi connectivity index (χ2v) is 3.72. The summed E-state index contributed by atoms with van der Waals surface area (Å²) in [6.45, 7) is -0.603. The molecule has 0 aliphatic carbocycles. The number of likely N-dealkylation sites (N-methyl/N-ethyl adjacent to an activating group) is 1. The Balaban J connectivity index is 3.77. The molecule has 0 atom stereocenters. The summed E-state index contributed by atoms with van der Waals surface area (Å²) in [6.07, 6.45) is -5.10. The number of aromatic hydroxyl groups is 2. The van der Waals surface area contributed by atoms with E-state index in [-0.39, 0.29) is 6.07 Å². The van der Waals surface area contributed by atoms with Crippen LogP contribution in [-0.4, -0.2) is 34.5 Å². The number of halogens is 3. The maximum atomic E-state index is 12.8. The minimum atomic E-state index is -5.10. The minimum absolute atomic E-state index is 0.0746. The number of Topliss-reactive ketones (excluding diaryl/α,β-unsaturated/α-hetero) is 1. The zero-order chi connectivity index (χ0) is 15.7. The van der Waals surface area contributed by atoms with Gasteiger partial charge in [0.15, 0.2) is 11.5 Å². The van der Waals surface area contributed by atoms with Crippen molar-refractivity contribution in [3.63, 3.8) is 0 Å². The van der Waals surface area contributed by atoms with Gasteiger partial charge in [0.25, 0.3) is 0 Å². The zero-order valence-electron chi connectivity index (χ0n) is 9.98. The second kappa shape index (κ2) is 5.33. The maximum absolute atomic E-state index is 12.8. The Kier molecular flexibility index (Phi) is 4.18. The van der Waals surface area contributed by atoms with Crippen molar-refractivity contribution in [1.82, 2.24) is 5.32 Å². The minimum Gasteiger partial charge on any atom is -0.504 e.